The van der Waals surface area contributed by atoms with Crippen LogP contribution in [0.5, 0.6) is 5.75 Å². The third kappa shape index (κ3) is 9.87. The highest BCUT2D eigenvalue weighted by atomic mass is 16.5. The zero-order valence-corrected chi connectivity index (χ0v) is 39.6. The van der Waals surface area contributed by atoms with E-state index in [0.717, 1.165) is 39.0 Å². The number of nitrogens with zero attached hydrogens (tertiary/aromatic N) is 5. The first-order valence-corrected chi connectivity index (χ1v) is 23.1. The van der Waals surface area contributed by atoms with Crippen LogP contribution in [0.1, 0.15) is 83.6 Å². The van der Waals surface area contributed by atoms with Crippen molar-refractivity contribution in [1.29, 1.82) is 0 Å². The van der Waals surface area contributed by atoms with Gasteiger partial charge in [0, 0.05) is 74.8 Å². The van der Waals surface area contributed by atoms with Crippen LogP contribution in [0.2, 0.25) is 0 Å². The molecule has 15 nitrogen and oxygen atoms in total. The molecule has 2 aromatic heterocycles. The number of fused-ring (bicyclic) bond motifs is 6. The number of phenolic OH excluding ortho intramolecular Hbond substituents is 1. The number of carbonyl (C=O) groups is 5. The maximum atomic E-state index is 14.7. The number of likely N-dealkylation sites (tertiary alicyclic amines) is 1. The molecule has 66 heavy (non-hydrogen) atoms. The second-order valence-corrected chi connectivity index (χ2v) is 19.2. The topological polar surface area (TPSA) is 176 Å². The summed E-state index contributed by atoms with van der Waals surface area (Å²) in [5, 5.41) is 16.7. The third-order valence-corrected chi connectivity index (χ3v) is 13.4. The van der Waals surface area contributed by atoms with E-state index in [9.17, 15) is 29.1 Å². The maximum absolute atomic E-state index is 14.7. The number of likely N-dealkylation sites (N-methyl/N-ethyl adjacent to an activating group) is 1. The van der Waals surface area contributed by atoms with E-state index >= 15 is 0 Å². The lowest BCUT2D eigenvalue weighted by atomic mass is 9.84. The number of hydrogen-bond acceptors (Lipinski definition) is 10. The first-order chi connectivity index (χ1) is 31.4. The molecule has 7 rings (SSSR count). The number of rotatable bonds is 10. The molecule has 0 aliphatic carbocycles. The molecule has 3 N–H and O–H groups in total. The van der Waals surface area contributed by atoms with Gasteiger partial charge in [0.05, 0.1) is 30.0 Å². The predicted molar refractivity (Wildman–Crippen MR) is 252 cm³/mol. The number of hydrazine groups is 1. The standard InChI is InChI=1S/C51H65N7O8/c1-10-43(60)56-21-18-34(28-56)48(62)55(8)45(30(3)4)47(61)53-41-24-32-22-35(25-36(59)23-32)33-16-17-42-38(26-33)39(46(57(42)11-2)44-37(31(5)65-9)14-12-19-52-44)27-51(6,7)29-66-50(64)40-15-13-20-58(54-40)49(41)63/h10,12,14,16-17,19,22-23,25-26,30-31,34,40-41,45,54,59H,1,11,13,15,18,20-21,24,27-29H2,2-9H3,(H,53,61)/t31-,34+,40+,41+,45+/m1/s1. The fourth-order valence-corrected chi connectivity index (χ4v) is 9.95. The minimum Gasteiger partial charge on any atom is -0.508 e. The monoisotopic (exact) mass is 903 g/mol. The minimum absolute atomic E-state index is 0.0127. The van der Waals surface area contributed by atoms with Gasteiger partial charge in [0.15, 0.2) is 0 Å². The van der Waals surface area contributed by atoms with Crippen molar-refractivity contribution >= 4 is 40.5 Å². The lowest BCUT2D eigenvalue weighted by molar-refractivity contribution is -0.155. The molecule has 4 amide bonds. The van der Waals surface area contributed by atoms with Gasteiger partial charge >= 0.3 is 5.97 Å². The van der Waals surface area contributed by atoms with E-state index in [1.54, 1.807) is 37.4 Å². The minimum atomic E-state index is -1.17. The Morgan fingerprint density at radius 3 is 2.58 bits per heavy atom. The zero-order chi connectivity index (χ0) is 47.6. The first kappa shape index (κ1) is 47.9. The number of hydrogen-bond donors (Lipinski definition) is 3. The number of methoxy groups -OCH3 is 1. The Hall–Kier alpha value is -6.06. The van der Waals surface area contributed by atoms with Gasteiger partial charge in [-0.15, -0.1) is 0 Å². The SMILES string of the molecule is C=CC(=O)N1CC[C@H](C(=O)N(C)[C@H](C(=O)N[C@H]2Cc3cc(O)cc(c3)-c3ccc4c(c3)c(c(-c3ncccc3[C@@H](C)OC)n4CC)CC(C)(C)COC(=O)[C@@H]3CCCN(N3)C2=O)C(C)C)C1. The molecule has 0 unspecified atom stereocenters. The van der Waals surface area contributed by atoms with Crippen molar-refractivity contribution in [1.82, 2.24) is 35.1 Å². The molecular formula is C51H65N7O8. The average molecular weight is 904 g/mol. The summed E-state index contributed by atoms with van der Waals surface area (Å²) in [6.45, 7) is 17.1. The fourth-order valence-electron chi connectivity index (χ4n) is 9.95. The summed E-state index contributed by atoms with van der Waals surface area (Å²) in [6.07, 6.45) is 4.70. The Morgan fingerprint density at radius 1 is 1.09 bits per heavy atom. The van der Waals surface area contributed by atoms with E-state index < -0.39 is 47.2 Å². The van der Waals surface area contributed by atoms with Gasteiger partial charge in [-0.3, -0.25) is 34.0 Å². The summed E-state index contributed by atoms with van der Waals surface area (Å²) in [4.78, 5) is 77.3. The van der Waals surface area contributed by atoms with Crippen LogP contribution in [0.4, 0.5) is 0 Å². The number of carbonyl (C=O) groups excluding carboxylic acids is 5. The van der Waals surface area contributed by atoms with Gasteiger partial charge in [-0.05, 0) is 104 Å². The normalized spacial score (nSPS) is 21.0. The molecule has 3 aliphatic heterocycles. The predicted octanol–water partition coefficient (Wildman–Crippen LogP) is 5.97. The Bertz CT molecular complexity index is 2510. The number of esters is 1. The van der Waals surface area contributed by atoms with Crippen LogP contribution in [0.15, 0.2) is 67.4 Å². The van der Waals surface area contributed by atoms with E-state index in [0.29, 0.717) is 49.9 Å². The quantitative estimate of drug-likeness (QED) is 0.127. The Kier molecular flexibility index (Phi) is 14.4. The Labute approximate surface area is 387 Å². The number of benzene rings is 2. The van der Waals surface area contributed by atoms with Crippen molar-refractivity contribution in [3.8, 4) is 28.3 Å². The molecule has 15 heteroatoms. The number of amides is 4. The van der Waals surface area contributed by atoms with E-state index in [1.165, 1.54) is 16.0 Å². The summed E-state index contributed by atoms with van der Waals surface area (Å²) in [5.41, 5.74) is 9.42. The van der Waals surface area contributed by atoms with Crippen molar-refractivity contribution in [2.45, 2.75) is 104 Å². The summed E-state index contributed by atoms with van der Waals surface area (Å²) < 4.78 is 14.2. The lowest BCUT2D eigenvalue weighted by Crippen LogP contribution is -2.62. The summed E-state index contributed by atoms with van der Waals surface area (Å²) >= 11 is 0. The molecule has 5 heterocycles. The summed E-state index contributed by atoms with van der Waals surface area (Å²) in [5.74, 6) is -2.87. The fraction of sp³-hybridized carbons (Fsp3) is 0.490. The van der Waals surface area contributed by atoms with Crippen LogP contribution in [-0.2, 0) is 52.8 Å². The molecule has 0 spiro atoms. The van der Waals surface area contributed by atoms with Crippen LogP contribution in [0, 0.1) is 17.3 Å². The highest BCUT2D eigenvalue weighted by Crippen LogP contribution is 2.42. The van der Waals surface area contributed by atoms with Gasteiger partial charge in [-0.25, -0.2) is 5.43 Å². The number of phenols is 1. The number of aromatic nitrogens is 2. The number of aryl methyl sites for hydroxylation is 1. The third-order valence-electron chi connectivity index (χ3n) is 13.4. The van der Waals surface area contributed by atoms with E-state index in [4.69, 9.17) is 14.5 Å². The average Bonchev–Trinajstić information content (AvgIpc) is 3.92. The molecule has 352 valence electrons. The first-order valence-electron chi connectivity index (χ1n) is 23.1. The van der Waals surface area contributed by atoms with Crippen LogP contribution >= 0.6 is 0 Å². The number of ether oxygens (including phenoxy) is 2. The van der Waals surface area contributed by atoms with Gasteiger partial charge in [-0.2, -0.15) is 0 Å². The van der Waals surface area contributed by atoms with Crippen molar-refractivity contribution in [3.05, 3.63) is 84.1 Å². The van der Waals surface area contributed by atoms with E-state index in [-0.39, 0.29) is 55.7 Å². The molecule has 5 atom stereocenters. The highest BCUT2D eigenvalue weighted by molar-refractivity contribution is 5.96. The van der Waals surface area contributed by atoms with Gasteiger partial charge < -0.3 is 34.3 Å². The maximum Gasteiger partial charge on any atom is 0.324 e. The van der Waals surface area contributed by atoms with Crippen LogP contribution in [-0.4, -0.2) is 118 Å². The molecule has 6 bridgehead atoms. The van der Waals surface area contributed by atoms with Gasteiger partial charge in [-0.1, -0.05) is 52.5 Å². The molecule has 3 aliphatic rings. The van der Waals surface area contributed by atoms with Crippen molar-refractivity contribution < 1.29 is 38.6 Å². The van der Waals surface area contributed by atoms with Crippen LogP contribution in [0.3, 0.4) is 0 Å². The van der Waals surface area contributed by atoms with Crippen molar-refractivity contribution in [2.75, 3.05) is 40.4 Å². The molecular weight excluding hydrogens is 839 g/mol. The van der Waals surface area contributed by atoms with Crippen molar-refractivity contribution in [3.63, 3.8) is 0 Å². The van der Waals surface area contributed by atoms with Crippen molar-refractivity contribution in [2.24, 2.45) is 17.3 Å². The second kappa shape index (κ2) is 19.8. The lowest BCUT2D eigenvalue weighted by Gasteiger charge is -2.37. The number of aromatic hydroxyl groups is 1. The second-order valence-electron chi connectivity index (χ2n) is 19.2. The number of pyridine rings is 1. The van der Waals surface area contributed by atoms with Gasteiger partial charge in [0.2, 0.25) is 17.7 Å². The molecule has 0 radical (unpaired) electrons. The molecule has 0 saturated carbocycles. The number of nitrogens with one attached hydrogen (secondary N) is 2. The largest absolute Gasteiger partial charge is 0.508 e. The zero-order valence-electron chi connectivity index (χ0n) is 39.6. The smallest absolute Gasteiger partial charge is 0.324 e. The Balaban J connectivity index is 1.31. The molecule has 2 saturated heterocycles. The number of cyclic esters (lactones) is 1. The van der Waals surface area contributed by atoms with Gasteiger partial charge in [0.1, 0.15) is 23.9 Å². The molecule has 2 fully saturated rings. The Morgan fingerprint density at radius 2 is 1.86 bits per heavy atom. The summed E-state index contributed by atoms with van der Waals surface area (Å²) in [6, 6.07) is 12.4. The van der Waals surface area contributed by atoms with Crippen LogP contribution in [0.25, 0.3) is 33.4 Å². The molecule has 4 aromatic rings. The summed E-state index contributed by atoms with van der Waals surface area (Å²) in [7, 11) is 3.26. The van der Waals surface area contributed by atoms with E-state index in [1.807, 2.05) is 45.0 Å². The van der Waals surface area contributed by atoms with E-state index in [2.05, 4.69) is 54.8 Å². The molecule has 2 aromatic carbocycles. The van der Waals surface area contributed by atoms with Crippen LogP contribution < -0.4 is 10.7 Å². The highest BCUT2D eigenvalue weighted by Gasteiger charge is 2.40. The van der Waals surface area contributed by atoms with Gasteiger partial charge in [0.25, 0.3) is 5.91 Å².